The van der Waals surface area contributed by atoms with E-state index in [0.29, 0.717) is 31.7 Å². The summed E-state index contributed by atoms with van der Waals surface area (Å²) in [7, 11) is 0. The third-order valence-corrected chi connectivity index (χ3v) is 4.61. The monoisotopic (exact) mass is 371 g/mol. The second-order valence-corrected chi connectivity index (χ2v) is 7.33. The Balaban J connectivity index is 1.79. The van der Waals surface area contributed by atoms with Crippen LogP contribution < -0.4 is 5.32 Å². The zero-order valence-corrected chi connectivity index (χ0v) is 16.6. The highest BCUT2D eigenvalue weighted by molar-refractivity contribution is 5.87. The minimum Gasteiger partial charge on any atom is -0.478 e. The number of carboxylic acid groups (broad SMARTS) is 1. The third-order valence-electron chi connectivity index (χ3n) is 4.61. The van der Waals surface area contributed by atoms with E-state index in [1.807, 2.05) is 11.6 Å². The van der Waals surface area contributed by atoms with Gasteiger partial charge in [-0.3, -0.25) is 9.48 Å². The van der Waals surface area contributed by atoms with Gasteiger partial charge < -0.3 is 10.4 Å². The van der Waals surface area contributed by atoms with Gasteiger partial charge in [-0.15, -0.1) is 0 Å². The molecular formula is C21H29N3O3. The molecule has 6 heteroatoms. The van der Waals surface area contributed by atoms with Crippen molar-refractivity contribution in [3.8, 4) is 0 Å². The zero-order chi connectivity index (χ0) is 20.0. The molecule has 1 amide bonds. The maximum absolute atomic E-state index is 12.1. The van der Waals surface area contributed by atoms with Gasteiger partial charge in [-0.2, -0.15) is 5.10 Å². The number of nitrogens with one attached hydrogen (secondary N) is 1. The van der Waals surface area contributed by atoms with Crippen LogP contribution in [-0.2, 0) is 24.2 Å². The molecule has 0 atom stereocenters. The molecule has 0 aliphatic rings. The molecule has 0 bridgehead atoms. The lowest BCUT2D eigenvalue weighted by molar-refractivity contribution is -0.121. The van der Waals surface area contributed by atoms with Gasteiger partial charge in [0, 0.05) is 25.2 Å². The van der Waals surface area contributed by atoms with Crippen LogP contribution in [0.2, 0.25) is 0 Å². The average Bonchev–Trinajstić information content (AvgIpc) is 2.86. The van der Waals surface area contributed by atoms with Gasteiger partial charge in [-0.05, 0) is 55.9 Å². The van der Waals surface area contributed by atoms with E-state index < -0.39 is 5.97 Å². The molecule has 1 aromatic carbocycles. The Morgan fingerprint density at radius 1 is 1.15 bits per heavy atom. The van der Waals surface area contributed by atoms with E-state index in [1.165, 1.54) is 0 Å². The Morgan fingerprint density at radius 2 is 1.81 bits per heavy atom. The van der Waals surface area contributed by atoms with Crippen molar-refractivity contribution in [3.05, 3.63) is 52.3 Å². The van der Waals surface area contributed by atoms with Crippen molar-refractivity contribution in [2.75, 3.05) is 6.54 Å². The minimum absolute atomic E-state index is 0.0209. The molecule has 0 spiro atoms. The molecule has 0 saturated heterocycles. The number of carboxylic acids is 1. The van der Waals surface area contributed by atoms with Crippen LogP contribution in [0, 0.1) is 19.8 Å². The number of aryl methyl sites for hydroxylation is 1. The summed E-state index contributed by atoms with van der Waals surface area (Å²) in [5, 5.41) is 16.4. The van der Waals surface area contributed by atoms with Gasteiger partial charge in [0.2, 0.25) is 5.91 Å². The summed E-state index contributed by atoms with van der Waals surface area (Å²) in [6.07, 6.45) is 1.80. The quantitative estimate of drug-likeness (QED) is 0.709. The highest BCUT2D eigenvalue weighted by Crippen LogP contribution is 2.16. The van der Waals surface area contributed by atoms with E-state index in [1.54, 1.807) is 24.3 Å². The molecule has 1 aromatic heterocycles. The van der Waals surface area contributed by atoms with E-state index in [9.17, 15) is 9.59 Å². The lowest BCUT2D eigenvalue weighted by Crippen LogP contribution is -2.26. The Kier molecular flexibility index (Phi) is 7.16. The zero-order valence-electron chi connectivity index (χ0n) is 16.6. The summed E-state index contributed by atoms with van der Waals surface area (Å²) >= 11 is 0. The summed E-state index contributed by atoms with van der Waals surface area (Å²) in [5.41, 5.74) is 4.58. The van der Waals surface area contributed by atoms with Crippen LogP contribution in [0.25, 0.3) is 0 Å². The summed E-state index contributed by atoms with van der Waals surface area (Å²) in [6.45, 7) is 9.82. The fourth-order valence-corrected chi connectivity index (χ4v) is 3.11. The SMILES string of the molecule is Cc1nn(CC(C)C)c(C)c1CCC(=O)NCCc1ccc(C(=O)O)cc1. The lowest BCUT2D eigenvalue weighted by atomic mass is 10.1. The van der Waals surface area contributed by atoms with Gasteiger partial charge in [0.25, 0.3) is 0 Å². The van der Waals surface area contributed by atoms with Crippen LogP contribution in [-0.4, -0.2) is 33.3 Å². The van der Waals surface area contributed by atoms with Crippen molar-refractivity contribution in [1.82, 2.24) is 15.1 Å². The van der Waals surface area contributed by atoms with Crippen LogP contribution in [0.15, 0.2) is 24.3 Å². The summed E-state index contributed by atoms with van der Waals surface area (Å²) in [4.78, 5) is 23.0. The molecule has 0 unspecified atom stereocenters. The number of carbonyl (C=O) groups is 2. The minimum atomic E-state index is -0.933. The number of hydrogen-bond acceptors (Lipinski definition) is 3. The maximum atomic E-state index is 12.1. The molecule has 0 saturated carbocycles. The molecule has 0 aliphatic carbocycles. The summed E-state index contributed by atoms with van der Waals surface area (Å²) in [5.74, 6) is -0.381. The van der Waals surface area contributed by atoms with Crippen LogP contribution in [0.1, 0.15) is 53.1 Å². The van der Waals surface area contributed by atoms with Crippen molar-refractivity contribution in [2.45, 2.75) is 53.5 Å². The van der Waals surface area contributed by atoms with Crippen molar-refractivity contribution in [1.29, 1.82) is 0 Å². The Bertz CT molecular complexity index is 792. The Labute approximate surface area is 160 Å². The number of rotatable bonds is 9. The molecular weight excluding hydrogens is 342 g/mol. The highest BCUT2D eigenvalue weighted by atomic mass is 16.4. The normalized spacial score (nSPS) is 11.0. The van der Waals surface area contributed by atoms with Gasteiger partial charge in [-0.25, -0.2) is 4.79 Å². The maximum Gasteiger partial charge on any atom is 0.335 e. The number of carbonyl (C=O) groups excluding carboxylic acids is 1. The average molecular weight is 371 g/mol. The number of hydrogen-bond donors (Lipinski definition) is 2. The van der Waals surface area contributed by atoms with E-state index >= 15 is 0 Å². The first-order valence-electron chi connectivity index (χ1n) is 9.39. The summed E-state index contributed by atoms with van der Waals surface area (Å²) in [6, 6.07) is 6.73. The predicted molar refractivity (Wildman–Crippen MR) is 105 cm³/mol. The Hall–Kier alpha value is -2.63. The fraction of sp³-hybridized carbons (Fsp3) is 0.476. The molecule has 2 N–H and O–H groups in total. The Morgan fingerprint density at radius 3 is 2.41 bits per heavy atom. The van der Waals surface area contributed by atoms with E-state index in [0.717, 1.165) is 29.1 Å². The third kappa shape index (κ3) is 5.94. The van der Waals surface area contributed by atoms with E-state index in [4.69, 9.17) is 5.11 Å². The van der Waals surface area contributed by atoms with Crippen molar-refractivity contribution in [3.63, 3.8) is 0 Å². The molecule has 0 radical (unpaired) electrons. The first-order chi connectivity index (χ1) is 12.8. The first-order valence-corrected chi connectivity index (χ1v) is 9.39. The van der Waals surface area contributed by atoms with Crippen LogP contribution in [0.3, 0.4) is 0 Å². The van der Waals surface area contributed by atoms with Gasteiger partial charge in [0.1, 0.15) is 0 Å². The predicted octanol–water partition coefficient (Wildman–Crippen LogP) is 3.15. The number of benzene rings is 1. The van der Waals surface area contributed by atoms with E-state index in [2.05, 4.69) is 31.2 Å². The summed E-state index contributed by atoms with van der Waals surface area (Å²) < 4.78 is 2.04. The van der Waals surface area contributed by atoms with Crippen LogP contribution in [0.4, 0.5) is 0 Å². The topological polar surface area (TPSA) is 84.2 Å². The van der Waals surface area contributed by atoms with Crippen molar-refractivity contribution < 1.29 is 14.7 Å². The molecule has 2 rings (SSSR count). The smallest absolute Gasteiger partial charge is 0.335 e. The van der Waals surface area contributed by atoms with Gasteiger partial charge in [-0.1, -0.05) is 26.0 Å². The van der Waals surface area contributed by atoms with Gasteiger partial charge in [0.15, 0.2) is 0 Å². The molecule has 6 nitrogen and oxygen atoms in total. The molecule has 146 valence electrons. The molecule has 0 fully saturated rings. The van der Waals surface area contributed by atoms with Crippen LogP contribution >= 0.6 is 0 Å². The number of aromatic carboxylic acids is 1. The van der Waals surface area contributed by atoms with E-state index in [-0.39, 0.29) is 11.5 Å². The van der Waals surface area contributed by atoms with Gasteiger partial charge >= 0.3 is 5.97 Å². The lowest BCUT2D eigenvalue weighted by Gasteiger charge is -2.08. The van der Waals surface area contributed by atoms with Crippen LogP contribution in [0.5, 0.6) is 0 Å². The molecule has 2 aromatic rings. The number of nitrogens with zero attached hydrogens (tertiary/aromatic N) is 2. The second kappa shape index (κ2) is 9.35. The standard InChI is InChI=1S/C21H29N3O3/c1-14(2)13-24-16(4)19(15(3)23-24)9-10-20(25)22-12-11-17-5-7-18(8-6-17)21(26)27/h5-8,14H,9-13H2,1-4H3,(H,22,25)(H,26,27). The number of amides is 1. The van der Waals surface area contributed by atoms with Gasteiger partial charge in [0.05, 0.1) is 11.3 Å². The van der Waals surface area contributed by atoms with Crippen molar-refractivity contribution >= 4 is 11.9 Å². The largest absolute Gasteiger partial charge is 0.478 e. The molecule has 1 heterocycles. The molecule has 27 heavy (non-hydrogen) atoms. The second-order valence-electron chi connectivity index (χ2n) is 7.33. The fourth-order valence-electron chi connectivity index (χ4n) is 3.11. The first kappa shape index (κ1) is 20.7. The molecule has 0 aliphatic heterocycles. The highest BCUT2D eigenvalue weighted by Gasteiger charge is 2.13. The number of aromatic nitrogens is 2. The van der Waals surface area contributed by atoms with Crippen molar-refractivity contribution in [2.24, 2.45) is 5.92 Å².